The van der Waals surface area contributed by atoms with Crippen LogP contribution in [0.1, 0.15) is 24.2 Å². The highest BCUT2D eigenvalue weighted by atomic mass is 79.9. The van der Waals surface area contributed by atoms with Gasteiger partial charge in [-0.05, 0) is 38.2 Å². The molecule has 0 fully saturated rings. The predicted molar refractivity (Wildman–Crippen MR) is 83.8 cm³/mol. The zero-order chi connectivity index (χ0) is 14.6. The molecule has 0 aliphatic rings. The van der Waals surface area contributed by atoms with Crippen LogP contribution in [0.4, 0.5) is 0 Å². The molecule has 0 saturated carbocycles. The van der Waals surface area contributed by atoms with E-state index in [2.05, 4.69) is 40.0 Å². The van der Waals surface area contributed by atoms with Crippen LogP contribution in [0.3, 0.4) is 0 Å². The number of halogens is 2. The molecule has 1 aromatic rings. The van der Waals surface area contributed by atoms with Crippen molar-refractivity contribution in [1.29, 1.82) is 0 Å². The van der Waals surface area contributed by atoms with Gasteiger partial charge < -0.3 is 10.2 Å². The van der Waals surface area contributed by atoms with Gasteiger partial charge in [0.1, 0.15) is 0 Å². The minimum atomic E-state index is -0.101. The highest BCUT2D eigenvalue weighted by molar-refractivity contribution is 9.10. The maximum Gasteiger partial charge on any atom is 0.251 e. The molecule has 0 spiro atoms. The summed E-state index contributed by atoms with van der Waals surface area (Å²) in [6.45, 7) is 4.91. The van der Waals surface area contributed by atoms with Crippen LogP contribution < -0.4 is 5.32 Å². The van der Waals surface area contributed by atoms with Gasteiger partial charge in [0.15, 0.2) is 0 Å². The molecule has 3 nitrogen and oxygen atoms in total. The summed E-state index contributed by atoms with van der Waals surface area (Å²) in [5.74, 6) is 0.372. The van der Waals surface area contributed by atoms with E-state index in [0.717, 1.165) is 4.47 Å². The summed E-state index contributed by atoms with van der Waals surface area (Å²) >= 11 is 9.27. The maximum atomic E-state index is 12.1. The highest BCUT2D eigenvalue weighted by Gasteiger charge is 2.17. The standard InChI is InChI=1S/C14H20BrClN2O/c1-9(2)13(18(3)4)8-17-14(19)10-5-11(15)7-12(16)6-10/h5-7,9,13H,8H2,1-4H3,(H,17,19). The quantitative estimate of drug-likeness (QED) is 0.885. The van der Waals surface area contributed by atoms with Gasteiger partial charge in [0.05, 0.1) is 0 Å². The summed E-state index contributed by atoms with van der Waals surface area (Å²) in [5.41, 5.74) is 0.570. The van der Waals surface area contributed by atoms with E-state index in [0.29, 0.717) is 29.1 Å². The zero-order valence-corrected chi connectivity index (χ0v) is 14.0. The average Bonchev–Trinajstić information content (AvgIpc) is 2.26. The number of benzene rings is 1. The molecule has 0 saturated heterocycles. The smallest absolute Gasteiger partial charge is 0.251 e. The Morgan fingerprint density at radius 1 is 1.37 bits per heavy atom. The van der Waals surface area contributed by atoms with Crippen LogP contribution in [-0.4, -0.2) is 37.5 Å². The first-order valence-corrected chi connectivity index (χ1v) is 7.39. The van der Waals surface area contributed by atoms with Crippen LogP contribution >= 0.6 is 27.5 Å². The lowest BCUT2D eigenvalue weighted by Crippen LogP contribution is -2.43. The molecular formula is C14H20BrClN2O. The molecule has 1 aromatic carbocycles. The molecule has 1 N–H and O–H groups in total. The van der Waals surface area contributed by atoms with Gasteiger partial charge in [-0.3, -0.25) is 4.79 Å². The predicted octanol–water partition coefficient (Wildman–Crippen LogP) is 3.42. The Morgan fingerprint density at radius 2 is 2.00 bits per heavy atom. The molecule has 1 amide bonds. The van der Waals surface area contributed by atoms with Crippen molar-refractivity contribution in [3.05, 3.63) is 33.3 Å². The first-order chi connectivity index (χ1) is 8.81. The van der Waals surface area contributed by atoms with E-state index >= 15 is 0 Å². The maximum absolute atomic E-state index is 12.1. The lowest BCUT2D eigenvalue weighted by molar-refractivity contribution is 0.0934. The normalized spacial score (nSPS) is 12.8. The monoisotopic (exact) mass is 346 g/mol. The summed E-state index contributed by atoms with van der Waals surface area (Å²) in [4.78, 5) is 14.2. The molecule has 1 atom stereocenters. The second-order valence-corrected chi connectivity index (χ2v) is 6.50. The number of carbonyl (C=O) groups excluding carboxylic acids is 1. The van der Waals surface area contributed by atoms with Crippen molar-refractivity contribution in [2.45, 2.75) is 19.9 Å². The van der Waals surface area contributed by atoms with E-state index in [9.17, 15) is 4.79 Å². The topological polar surface area (TPSA) is 32.3 Å². The number of nitrogens with one attached hydrogen (secondary N) is 1. The van der Waals surface area contributed by atoms with Gasteiger partial charge in [-0.1, -0.05) is 41.4 Å². The van der Waals surface area contributed by atoms with Gasteiger partial charge in [-0.25, -0.2) is 0 Å². The van der Waals surface area contributed by atoms with Crippen LogP contribution in [0, 0.1) is 5.92 Å². The van der Waals surface area contributed by atoms with Crippen molar-refractivity contribution in [2.75, 3.05) is 20.6 Å². The highest BCUT2D eigenvalue weighted by Crippen LogP contribution is 2.19. The van der Waals surface area contributed by atoms with E-state index in [1.54, 1.807) is 18.2 Å². The van der Waals surface area contributed by atoms with Crippen molar-refractivity contribution in [1.82, 2.24) is 10.2 Å². The van der Waals surface area contributed by atoms with Gasteiger partial charge in [-0.15, -0.1) is 0 Å². The van der Waals surface area contributed by atoms with E-state index in [4.69, 9.17) is 11.6 Å². The van der Waals surface area contributed by atoms with Crippen LogP contribution in [0.25, 0.3) is 0 Å². The Kier molecular flexibility index (Phi) is 6.30. The molecule has 19 heavy (non-hydrogen) atoms. The summed E-state index contributed by atoms with van der Waals surface area (Å²) in [7, 11) is 4.04. The molecule has 0 aliphatic heterocycles. The minimum absolute atomic E-state index is 0.101. The molecule has 0 heterocycles. The lowest BCUT2D eigenvalue weighted by atomic mass is 10.0. The Bertz CT molecular complexity index is 421. The van der Waals surface area contributed by atoms with Gasteiger partial charge in [0.25, 0.3) is 5.91 Å². The van der Waals surface area contributed by atoms with Crippen LogP contribution in [-0.2, 0) is 0 Å². The first-order valence-electron chi connectivity index (χ1n) is 6.22. The van der Waals surface area contributed by atoms with Crippen LogP contribution in [0.2, 0.25) is 5.02 Å². The lowest BCUT2D eigenvalue weighted by Gasteiger charge is -2.28. The number of nitrogens with zero attached hydrogens (tertiary/aromatic N) is 1. The molecule has 0 aliphatic carbocycles. The second-order valence-electron chi connectivity index (χ2n) is 5.14. The van der Waals surface area contributed by atoms with Gasteiger partial charge in [0.2, 0.25) is 0 Å². The SMILES string of the molecule is CC(C)C(CNC(=O)c1cc(Cl)cc(Br)c1)N(C)C. The van der Waals surface area contributed by atoms with E-state index in [1.165, 1.54) is 0 Å². The number of rotatable bonds is 5. The number of amides is 1. The molecule has 0 radical (unpaired) electrons. The number of likely N-dealkylation sites (N-methyl/N-ethyl adjacent to an activating group) is 1. The fraction of sp³-hybridized carbons (Fsp3) is 0.500. The van der Waals surface area contributed by atoms with Crippen molar-refractivity contribution in [3.8, 4) is 0 Å². The minimum Gasteiger partial charge on any atom is -0.350 e. The summed E-state index contributed by atoms with van der Waals surface area (Å²) in [5, 5.41) is 3.50. The fourth-order valence-corrected chi connectivity index (χ4v) is 2.86. The Balaban J connectivity index is 2.69. The third-order valence-corrected chi connectivity index (χ3v) is 3.71. The Morgan fingerprint density at radius 3 is 2.47 bits per heavy atom. The molecule has 0 aromatic heterocycles. The second kappa shape index (κ2) is 7.27. The average molecular weight is 348 g/mol. The van der Waals surface area contributed by atoms with E-state index < -0.39 is 0 Å². The van der Waals surface area contributed by atoms with Crippen molar-refractivity contribution < 1.29 is 4.79 Å². The zero-order valence-electron chi connectivity index (χ0n) is 11.7. The van der Waals surface area contributed by atoms with Crippen molar-refractivity contribution >= 4 is 33.4 Å². The van der Waals surface area contributed by atoms with E-state index in [-0.39, 0.29) is 5.91 Å². The third-order valence-electron chi connectivity index (χ3n) is 3.03. The number of hydrogen-bond donors (Lipinski definition) is 1. The van der Waals surface area contributed by atoms with Gasteiger partial charge in [-0.2, -0.15) is 0 Å². The first kappa shape index (κ1) is 16.5. The molecule has 106 valence electrons. The molecule has 0 bridgehead atoms. The molecule has 5 heteroatoms. The van der Waals surface area contributed by atoms with Crippen LogP contribution in [0.5, 0.6) is 0 Å². The number of hydrogen-bond acceptors (Lipinski definition) is 2. The summed E-state index contributed by atoms with van der Waals surface area (Å²) < 4.78 is 0.804. The summed E-state index contributed by atoms with van der Waals surface area (Å²) in [6.07, 6.45) is 0. The molecule has 1 rings (SSSR count). The van der Waals surface area contributed by atoms with E-state index in [1.807, 2.05) is 14.1 Å². The van der Waals surface area contributed by atoms with Crippen molar-refractivity contribution in [3.63, 3.8) is 0 Å². The molecule has 1 unspecified atom stereocenters. The van der Waals surface area contributed by atoms with Crippen LogP contribution in [0.15, 0.2) is 22.7 Å². The fourth-order valence-electron chi connectivity index (χ4n) is 2.00. The van der Waals surface area contributed by atoms with Gasteiger partial charge >= 0.3 is 0 Å². The Hall–Kier alpha value is -0.580. The number of carbonyl (C=O) groups is 1. The summed E-state index contributed by atoms with van der Waals surface area (Å²) in [6, 6.07) is 5.50. The molecular weight excluding hydrogens is 328 g/mol. The third kappa shape index (κ3) is 5.13. The Labute approximate surface area is 128 Å². The van der Waals surface area contributed by atoms with Gasteiger partial charge in [0, 0.05) is 27.6 Å². The van der Waals surface area contributed by atoms with Crippen molar-refractivity contribution in [2.24, 2.45) is 5.92 Å². The largest absolute Gasteiger partial charge is 0.350 e.